The average Bonchev–Trinajstić information content (AvgIpc) is 0. The summed E-state index contributed by atoms with van der Waals surface area (Å²) in [5.74, 6) is 0. The minimum atomic E-state index is 0. The number of hydrogen-bond donors (Lipinski definition) is 0. The van der Waals surface area contributed by atoms with Crippen LogP contribution in [0.3, 0.4) is 0 Å². The van der Waals surface area contributed by atoms with Gasteiger partial charge in [-0.3, -0.25) is 0 Å². The second-order valence-corrected chi connectivity index (χ2v) is 0. The summed E-state index contributed by atoms with van der Waals surface area (Å²) in [7, 11) is 0. The Morgan fingerprint density at radius 3 is 0.0526 bits per heavy atom. The maximum atomic E-state index is 0. The van der Waals surface area contributed by atoms with Crippen molar-refractivity contribution >= 4 is 23.1 Å². The van der Waals surface area contributed by atoms with Crippen LogP contribution < -0.4 is 0 Å². The summed E-state index contributed by atoms with van der Waals surface area (Å²) in [6.07, 6.45) is 0. The van der Waals surface area contributed by atoms with E-state index in [0.717, 1.165) is 0 Å². The van der Waals surface area contributed by atoms with Crippen LogP contribution in [-0.4, -0.2) is 330 Å². The SMILES string of the molecule is O.O.O.O.O.O.O.O.O.O.O.O.O.O.O.O.O.O.O.O.O.O.O.O.O.O.O.O.O.O.O.O.O.O.O.O.O.O.O.O.O.O.O.O.O.O.O.O.O.O.O.O.O.O.O.O.[H-].[H-].[Mg+2]. The normalized spacial score (nSPS) is 0. The number of rotatable bonds is 0. The van der Waals surface area contributed by atoms with E-state index in [1.807, 2.05) is 0 Å². The van der Waals surface area contributed by atoms with Gasteiger partial charge in [-0.05, 0) is 0 Å². The van der Waals surface area contributed by atoms with Gasteiger partial charge >= 0.3 is 23.1 Å². The van der Waals surface area contributed by atoms with Crippen LogP contribution in [0.15, 0.2) is 0 Å². The molecule has 0 bridgehead atoms. The van der Waals surface area contributed by atoms with Crippen molar-refractivity contribution in [1.29, 1.82) is 0 Å². The Bertz CT molecular complexity index is 19.9. The van der Waals surface area contributed by atoms with Gasteiger partial charge in [0.2, 0.25) is 0 Å². The van der Waals surface area contributed by atoms with Crippen LogP contribution in [0.4, 0.5) is 0 Å². The summed E-state index contributed by atoms with van der Waals surface area (Å²) >= 11 is 0. The summed E-state index contributed by atoms with van der Waals surface area (Å²) in [6, 6.07) is 0. The molecule has 0 radical (unpaired) electrons. The van der Waals surface area contributed by atoms with E-state index in [0.29, 0.717) is 0 Å². The van der Waals surface area contributed by atoms with E-state index in [9.17, 15) is 0 Å². The van der Waals surface area contributed by atoms with Crippen LogP contribution in [-0.2, 0) is 0 Å². The molecule has 112 N–H and O–H groups in total. The van der Waals surface area contributed by atoms with Crippen molar-refractivity contribution in [3.8, 4) is 0 Å². The molecule has 0 aliphatic rings. The minimum Gasteiger partial charge on any atom is -1.00 e. The summed E-state index contributed by atoms with van der Waals surface area (Å²) in [4.78, 5) is 0. The molecule has 0 saturated carbocycles. The maximum Gasteiger partial charge on any atom is 2.00 e. The monoisotopic (exact) mass is 1030 g/mol. The van der Waals surface area contributed by atoms with Crippen molar-refractivity contribution < 1.29 is 310 Å². The van der Waals surface area contributed by atoms with Crippen molar-refractivity contribution in [3.63, 3.8) is 0 Å². The quantitative estimate of drug-likeness (QED) is 0.204. The largest absolute Gasteiger partial charge is 2.00 e. The first-order valence-electron chi connectivity index (χ1n) is 0. The fourth-order valence-electron chi connectivity index (χ4n) is 0. The third-order valence-corrected chi connectivity index (χ3v) is 0. The van der Waals surface area contributed by atoms with Crippen molar-refractivity contribution in [2.24, 2.45) is 0 Å². The molecule has 0 unspecified atom stereocenters. The molecular formula is H114MgO56. The zero-order chi connectivity index (χ0) is 0. The van der Waals surface area contributed by atoms with E-state index in [2.05, 4.69) is 0 Å². The van der Waals surface area contributed by atoms with Crippen LogP contribution in [0.25, 0.3) is 0 Å². The second-order valence-electron chi connectivity index (χ2n) is 0. The van der Waals surface area contributed by atoms with Gasteiger partial charge in [0.15, 0.2) is 0 Å². The van der Waals surface area contributed by atoms with Gasteiger partial charge < -0.3 is 310 Å². The van der Waals surface area contributed by atoms with E-state index in [1.165, 1.54) is 0 Å². The topological polar surface area (TPSA) is 1760 Å². The molecule has 0 spiro atoms. The first-order chi connectivity index (χ1) is 0. The van der Waals surface area contributed by atoms with E-state index >= 15 is 0 Å². The molecule has 56 nitrogen and oxygen atoms in total. The van der Waals surface area contributed by atoms with Gasteiger partial charge in [0.1, 0.15) is 0 Å². The Morgan fingerprint density at radius 2 is 0.0526 bits per heavy atom. The van der Waals surface area contributed by atoms with Crippen molar-refractivity contribution in [2.75, 3.05) is 0 Å². The molecule has 0 aliphatic carbocycles. The van der Waals surface area contributed by atoms with E-state index in [4.69, 9.17) is 0 Å². The fourth-order valence-corrected chi connectivity index (χ4v) is 0. The molecule has 0 heterocycles. The average molecular weight is 1040 g/mol. The maximum absolute atomic E-state index is 0. The summed E-state index contributed by atoms with van der Waals surface area (Å²) in [6.45, 7) is 0. The molecule has 57 heavy (non-hydrogen) atoms. The van der Waals surface area contributed by atoms with Crippen LogP contribution >= 0.6 is 0 Å². The van der Waals surface area contributed by atoms with Gasteiger partial charge in [0, 0.05) is 0 Å². The Morgan fingerprint density at radius 1 is 0.0526 bits per heavy atom. The molecule has 57 heteroatoms. The molecule has 0 saturated heterocycles. The predicted molar refractivity (Wildman–Crippen MR) is 210 cm³/mol. The minimum absolute atomic E-state index is 0. The van der Waals surface area contributed by atoms with Gasteiger partial charge in [-0.25, -0.2) is 0 Å². The summed E-state index contributed by atoms with van der Waals surface area (Å²) in [5.41, 5.74) is 0. The van der Waals surface area contributed by atoms with Crippen molar-refractivity contribution in [1.82, 2.24) is 0 Å². The van der Waals surface area contributed by atoms with E-state index < -0.39 is 0 Å². The van der Waals surface area contributed by atoms with Gasteiger partial charge in [-0.1, -0.05) is 0 Å². The fraction of sp³-hybridized carbons (Fsp3) is 0. The van der Waals surface area contributed by atoms with Gasteiger partial charge in [-0.2, -0.15) is 0 Å². The van der Waals surface area contributed by atoms with Crippen LogP contribution in [0, 0.1) is 0 Å². The van der Waals surface area contributed by atoms with Gasteiger partial charge in [-0.15, -0.1) is 0 Å². The molecule has 0 rings (SSSR count). The van der Waals surface area contributed by atoms with Crippen LogP contribution in [0.5, 0.6) is 0 Å². The van der Waals surface area contributed by atoms with E-state index in [-0.39, 0.29) is 333 Å². The molecule has 452 valence electrons. The summed E-state index contributed by atoms with van der Waals surface area (Å²) in [5, 5.41) is 0. The van der Waals surface area contributed by atoms with Crippen LogP contribution in [0.1, 0.15) is 2.85 Å². The molecule has 0 aromatic heterocycles. The standard InChI is InChI=1S/Mg.56H2O.2H/h;56*1H2;;/q+2;;;;;;;;;;;;;;;;;;;;;;;;;;;;;;;;;;;;;;;;;;;;;;;;;;;;;;;;;2*-1. The van der Waals surface area contributed by atoms with Crippen molar-refractivity contribution in [3.05, 3.63) is 0 Å². The van der Waals surface area contributed by atoms with E-state index in [1.54, 1.807) is 0 Å². The Labute approximate surface area is 334 Å². The van der Waals surface area contributed by atoms with Crippen LogP contribution in [0.2, 0.25) is 0 Å². The molecule has 0 aromatic rings. The second kappa shape index (κ2) is 71900. The van der Waals surface area contributed by atoms with Gasteiger partial charge in [0.05, 0.1) is 0 Å². The predicted octanol–water partition coefficient (Wildman–Crippen LogP) is -46.3. The first-order valence-corrected chi connectivity index (χ1v) is 0. The zero-order valence-electron chi connectivity index (χ0n) is 30.7. The third-order valence-electron chi connectivity index (χ3n) is 0. The van der Waals surface area contributed by atoms with Gasteiger partial charge in [0.25, 0.3) is 0 Å². The molecule has 0 atom stereocenters. The number of hydrogen-bond acceptors (Lipinski definition) is 0. The molecule has 0 aliphatic heterocycles. The first kappa shape index (κ1) is 76000. The third kappa shape index (κ3) is 69300. The smallest absolute Gasteiger partial charge is 1.00 e. The molecule has 0 aromatic carbocycles. The van der Waals surface area contributed by atoms with Crippen molar-refractivity contribution in [2.45, 2.75) is 0 Å². The Hall–Kier alpha value is -1.47. The molecular weight excluding hydrogens is 920 g/mol. The zero-order valence-corrected chi connectivity index (χ0v) is 30.1. The summed E-state index contributed by atoms with van der Waals surface area (Å²) < 4.78 is 0. The molecule has 0 amide bonds. The Kier molecular flexibility index (Phi) is 95900000. The Balaban J connectivity index is 0. The molecule has 0 fully saturated rings.